The second-order valence-electron chi connectivity index (χ2n) is 4.92. The summed E-state index contributed by atoms with van der Waals surface area (Å²) < 4.78 is 0. The first kappa shape index (κ1) is 17.7. The first-order valence-electron chi connectivity index (χ1n) is 6.95. The minimum absolute atomic E-state index is 0.00122. The van der Waals surface area contributed by atoms with E-state index in [-0.39, 0.29) is 17.7 Å². The third-order valence-corrected chi connectivity index (χ3v) is 3.23. The van der Waals surface area contributed by atoms with Crippen LogP contribution in [0.2, 0.25) is 0 Å². The number of carbonyl (C=O) groups excluding carboxylic acids is 1. The van der Waals surface area contributed by atoms with Gasteiger partial charge < -0.3 is 21.2 Å². The highest BCUT2D eigenvalue weighted by atomic mass is 16.4. The Morgan fingerprint density at radius 2 is 1.95 bits per heavy atom. The Kier molecular flexibility index (Phi) is 8.95. The Morgan fingerprint density at radius 1 is 1.37 bits per heavy atom. The number of nitrogens with one attached hydrogen (secondary N) is 1. The van der Waals surface area contributed by atoms with Crippen molar-refractivity contribution in [3.8, 4) is 0 Å². The van der Waals surface area contributed by atoms with Crippen molar-refractivity contribution in [3.63, 3.8) is 0 Å². The lowest BCUT2D eigenvalue weighted by molar-refractivity contribution is -0.124. The van der Waals surface area contributed by atoms with E-state index >= 15 is 0 Å². The van der Waals surface area contributed by atoms with Gasteiger partial charge in [0.1, 0.15) is 5.92 Å². The molecule has 6 heteroatoms. The van der Waals surface area contributed by atoms with Gasteiger partial charge in [0.2, 0.25) is 5.91 Å². The van der Waals surface area contributed by atoms with Gasteiger partial charge in [-0.05, 0) is 32.0 Å². The zero-order valence-corrected chi connectivity index (χ0v) is 12.5. The Hall–Kier alpha value is -1.30. The number of nitrogens with two attached hydrogens (primary N) is 1. The van der Waals surface area contributed by atoms with Crippen LogP contribution in [0.3, 0.4) is 0 Å². The molecule has 0 aliphatic carbocycles. The molecule has 0 saturated carbocycles. The van der Waals surface area contributed by atoms with Crippen molar-refractivity contribution in [3.05, 3.63) is 0 Å². The molecule has 0 rings (SSSR count). The van der Waals surface area contributed by atoms with Gasteiger partial charge in [-0.1, -0.05) is 32.9 Å². The molecule has 0 aliphatic heterocycles. The molecule has 4 N–H and O–H groups in total. The van der Waals surface area contributed by atoms with E-state index < -0.39 is 5.92 Å². The van der Waals surface area contributed by atoms with Crippen LogP contribution in [-0.2, 0) is 4.79 Å². The van der Waals surface area contributed by atoms with Crippen LogP contribution in [0.15, 0.2) is 5.16 Å². The van der Waals surface area contributed by atoms with E-state index in [0.29, 0.717) is 6.54 Å². The van der Waals surface area contributed by atoms with Crippen LogP contribution in [-0.4, -0.2) is 48.0 Å². The molecular weight excluding hydrogens is 244 g/mol. The smallest absolute Gasteiger partial charge is 0.231 e. The third kappa shape index (κ3) is 6.42. The summed E-state index contributed by atoms with van der Waals surface area (Å²) in [6.07, 6.45) is 0.897. The Labute approximate surface area is 116 Å². The molecule has 0 spiro atoms. The molecule has 0 aromatic heterocycles. The van der Waals surface area contributed by atoms with Crippen LogP contribution >= 0.6 is 0 Å². The normalized spacial score (nSPS) is 13.9. The predicted molar refractivity (Wildman–Crippen MR) is 77.2 cm³/mol. The quantitative estimate of drug-likeness (QED) is 0.191. The van der Waals surface area contributed by atoms with E-state index in [1.807, 2.05) is 13.8 Å². The average Bonchev–Trinajstić information content (AvgIpc) is 2.38. The summed E-state index contributed by atoms with van der Waals surface area (Å²) in [7, 11) is 0. The fraction of sp³-hybridized carbons (Fsp3) is 0.846. The number of amidine groups is 1. The number of nitrogens with zero attached hydrogens (tertiary/aromatic N) is 2. The molecule has 0 bridgehead atoms. The van der Waals surface area contributed by atoms with Gasteiger partial charge in [0.25, 0.3) is 0 Å². The minimum atomic E-state index is -0.571. The van der Waals surface area contributed by atoms with Gasteiger partial charge in [0, 0.05) is 6.54 Å². The number of hydrogen-bond donors (Lipinski definition) is 3. The summed E-state index contributed by atoms with van der Waals surface area (Å²) in [5.41, 5.74) is 5.55. The SMILES string of the molecule is CCN(CC)CCCNC(=O)C(C(N)=NO)C(C)C. The number of rotatable bonds is 9. The van der Waals surface area contributed by atoms with Crippen molar-refractivity contribution in [1.29, 1.82) is 0 Å². The van der Waals surface area contributed by atoms with Gasteiger partial charge >= 0.3 is 0 Å². The molecule has 0 fully saturated rings. The van der Waals surface area contributed by atoms with Crippen LogP contribution in [0.4, 0.5) is 0 Å². The van der Waals surface area contributed by atoms with Crippen LogP contribution in [0.25, 0.3) is 0 Å². The lowest BCUT2D eigenvalue weighted by Crippen LogP contribution is -2.42. The first-order valence-corrected chi connectivity index (χ1v) is 6.95. The monoisotopic (exact) mass is 272 g/mol. The van der Waals surface area contributed by atoms with Gasteiger partial charge in [-0.2, -0.15) is 0 Å². The van der Waals surface area contributed by atoms with Gasteiger partial charge in [-0.25, -0.2) is 0 Å². The number of oxime groups is 1. The molecule has 1 unspecified atom stereocenters. The van der Waals surface area contributed by atoms with Crippen LogP contribution in [0.5, 0.6) is 0 Å². The zero-order valence-electron chi connectivity index (χ0n) is 12.5. The fourth-order valence-corrected chi connectivity index (χ4v) is 2.00. The molecule has 0 saturated heterocycles. The van der Waals surface area contributed by atoms with Crippen molar-refractivity contribution in [2.75, 3.05) is 26.2 Å². The molecule has 0 heterocycles. The first-order chi connectivity index (χ1) is 8.97. The largest absolute Gasteiger partial charge is 0.409 e. The van der Waals surface area contributed by atoms with Crippen LogP contribution in [0, 0.1) is 11.8 Å². The summed E-state index contributed by atoms with van der Waals surface area (Å²) >= 11 is 0. The van der Waals surface area contributed by atoms with E-state index in [9.17, 15) is 4.79 Å². The van der Waals surface area contributed by atoms with Gasteiger partial charge in [0.05, 0.1) is 0 Å². The zero-order chi connectivity index (χ0) is 14.8. The molecule has 0 radical (unpaired) electrons. The number of carbonyl (C=O) groups is 1. The summed E-state index contributed by atoms with van der Waals surface area (Å²) in [4.78, 5) is 14.3. The maximum atomic E-state index is 12.0. The van der Waals surface area contributed by atoms with Crippen molar-refractivity contribution >= 4 is 11.7 Å². The molecule has 19 heavy (non-hydrogen) atoms. The Bertz CT molecular complexity index is 288. The second-order valence-corrected chi connectivity index (χ2v) is 4.92. The van der Waals surface area contributed by atoms with E-state index in [2.05, 4.69) is 29.2 Å². The Balaban J connectivity index is 4.15. The molecule has 112 valence electrons. The standard InChI is InChI=1S/C13H28N4O2/c1-5-17(6-2)9-7-8-15-13(18)11(10(3)4)12(14)16-19/h10-11,19H,5-9H2,1-4H3,(H2,14,16)(H,15,18). The van der Waals surface area contributed by atoms with Gasteiger partial charge in [0.15, 0.2) is 5.84 Å². The Morgan fingerprint density at radius 3 is 2.37 bits per heavy atom. The van der Waals surface area contributed by atoms with Crippen molar-refractivity contribution in [2.45, 2.75) is 34.1 Å². The maximum absolute atomic E-state index is 12.0. The molecule has 0 aliphatic rings. The highest BCUT2D eigenvalue weighted by Gasteiger charge is 2.26. The van der Waals surface area contributed by atoms with Crippen molar-refractivity contribution < 1.29 is 10.0 Å². The highest BCUT2D eigenvalue weighted by molar-refractivity contribution is 6.02. The summed E-state index contributed by atoms with van der Waals surface area (Å²) in [6, 6.07) is 0. The molecule has 1 atom stereocenters. The van der Waals surface area contributed by atoms with Crippen LogP contribution in [0.1, 0.15) is 34.1 Å². The van der Waals surface area contributed by atoms with E-state index in [4.69, 9.17) is 10.9 Å². The predicted octanol–water partition coefficient (Wildman–Crippen LogP) is 0.853. The maximum Gasteiger partial charge on any atom is 0.231 e. The van der Waals surface area contributed by atoms with Crippen LogP contribution < -0.4 is 11.1 Å². The molecule has 6 nitrogen and oxygen atoms in total. The molecule has 0 aromatic carbocycles. The van der Waals surface area contributed by atoms with Gasteiger partial charge in [-0.3, -0.25) is 4.79 Å². The molecular formula is C13H28N4O2. The molecule has 0 aromatic rings. The number of amides is 1. The third-order valence-electron chi connectivity index (χ3n) is 3.23. The lowest BCUT2D eigenvalue weighted by Gasteiger charge is -2.20. The lowest BCUT2D eigenvalue weighted by atomic mass is 9.94. The summed E-state index contributed by atoms with van der Waals surface area (Å²) in [5.74, 6) is -0.779. The van der Waals surface area contributed by atoms with Gasteiger partial charge in [-0.15, -0.1) is 0 Å². The highest BCUT2D eigenvalue weighted by Crippen LogP contribution is 2.11. The van der Waals surface area contributed by atoms with Crippen molar-refractivity contribution in [1.82, 2.24) is 10.2 Å². The average molecular weight is 272 g/mol. The fourth-order valence-electron chi connectivity index (χ4n) is 2.00. The van der Waals surface area contributed by atoms with E-state index in [1.54, 1.807) is 0 Å². The summed E-state index contributed by atoms with van der Waals surface area (Å²) in [6.45, 7) is 11.6. The minimum Gasteiger partial charge on any atom is -0.409 e. The topological polar surface area (TPSA) is 91.0 Å². The van der Waals surface area contributed by atoms with Crippen molar-refractivity contribution in [2.24, 2.45) is 22.7 Å². The summed E-state index contributed by atoms with van der Waals surface area (Å²) in [5, 5.41) is 14.5. The second kappa shape index (κ2) is 9.61. The molecule has 1 amide bonds. The van der Waals surface area contributed by atoms with E-state index in [1.165, 1.54) is 0 Å². The van der Waals surface area contributed by atoms with E-state index in [0.717, 1.165) is 26.1 Å². The number of hydrogen-bond acceptors (Lipinski definition) is 4.